The van der Waals surface area contributed by atoms with Crippen LogP contribution < -0.4 is 15.4 Å². The van der Waals surface area contributed by atoms with Crippen LogP contribution in [0.3, 0.4) is 0 Å². The number of urea groups is 1. The van der Waals surface area contributed by atoms with Crippen molar-refractivity contribution in [1.82, 2.24) is 15.5 Å². The van der Waals surface area contributed by atoms with Crippen molar-refractivity contribution in [2.24, 2.45) is 17.3 Å². The van der Waals surface area contributed by atoms with Crippen LogP contribution in [-0.4, -0.2) is 41.9 Å². The molecule has 4 amide bonds. The molecule has 1 heterocycles. The lowest BCUT2D eigenvalue weighted by atomic mass is 9.65. The third-order valence-corrected chi connectivity index (χ3v) is 7.86. The Labute approximate surface area is 197 Å². The molecule has 1 saturated carbocycles. The summed E-state index contributed by atoms with van der Waals surface area (Å²) in [4.78, 5) is 39.9. The van der Waals surface area contributed by atoms with Crippen LogP contribution in [0.25, 0.3) is 0 Å². The number of nitrogens with one attached hydrogen (secondary N) is 2. The van der Waals surface area contributed by atoms with Crippen LogP contribution >= 0.6 is 0 Å². The molecule has 0 aromatic heterocycles. The van der Waals surface area contributed by atoms with Gasteiger partial charge in [-0.2, -0.15) is 0 Å². The van der Waals surface area contributed by atoms with E-state index in [0.717, 1.165) is 35.5 Å². The number of rotatable bonds is 8. The molecule has 1 aliphatic carbocycles. The van der Waals surface area contributed by atoms with Gasteiger partial charge in [-0.05, 0) is 60.6 Å². The van der Waals surface area contributed by atoms with Crippen LogP contribution in [-0.2, 0) is 9.59 Å². The van der Waals surface area contributed by atoms with Gasteiger partial charge in [-0.3, -0.25) is 14.5 Å². The summed E-state index contributed by atoms with van der Waals surface area (Å²) in [5.74, 6) is 0.807. The number of amides is 4. The first-order valence-corrected chi connectivity index (χ1v) is 12.1. The number of benzene rings is 1. The van der Waals surface area contributed by atoms with Gasteiger partial charge >= 0.3 is 6.03 Å². The molecule has 1 aliphatic heterocycles. The molecule has 2 N–H and O–H groups in total. The van der Waals surface area contributed by atoms with Crippen molar-refractivity contribution in [3.63, 3.8) is 0 Å². The first kappa shape index (κ1) is 25.1. The minimum Gasteiger partial charge on any atom is -0.497 e. The zero-order valence-electron chi connectivity index (χ0n) is 20.9. The third-order valence-electron chi connectivity index (χ3n) is 7.86. The Morgan fingerprint density at radius 1 is 1.21 bits per heavy atom. The molecule has 182 valence electrons. The summed E-state index contributed by atoms with van der Waals surface area (Å²) < 4.78 is 5.21. The minimum absolute atomic E-state index is 0.133. The summed E-state index contributed by atoms with van der Waals surface area (Å²) >= 11 is 0. The highest BCUT2D eigenvalue weighted by molar-refractivity contribution is 6.09. The van der Waals surface area contributed by atoms with Crippen molar-refractivity contribution < 1.29 is 19.1 Å². The highest BCUT2D eigenvalue weighted by Crippen LogP contribution is 2.45. The smallest absolute Gasteiger partial charge is 0.325 e. The van der Waals surface area contributed by atoms with Crippen molar-refractivity contribution in [1.29, 1.82) is 0 Å². The summed E-state index contributed by atoms with van der Waals surface area (Å²) in [6, 6.07) is 6.85. The lowest BCUT2D eigenvalue weighted by Gasteiger charge is -2.42. The molecule has 2 fully saturated rings. The zero-order chi connectivity index (χ0) is 24.4. The highest BCUT2D eigenvalue weighted by Gasteiger charge is 2.53. The van der Waals surface area contributed by atoms with E-state index < -0.39 is 11.6 Å². The minimum atomic E-state index is -0.856. The summed E-state index contributed by atoms with van der Waals surface area (Å²) in [6.07, 6.45) is 4.15. The van der Waals surface area contributed by atoms with Crippen molar-refractivity contribution in [2.75, 3.05) is 13.7 Å². The standard InChI is InChI=1S/C26H39N3O4/c1-7-25(4,5)19-12-14-26(15-13-19)23(31)29(24(32)28-26)16-21(30)27-22(17(2)3)18-8-10-20(33-6)11-9-18/h8-11,17,19,22H,7,12-16H2,1-6H3,(H,27,30)(H,28,32). The van der Waals surface area contributed by atoms with Gasteiger partial charge in [-0.1, -0.05) is 53.2 Å². The molecular weight excluding hydrogens is 418 g/mol. The predicted molar refractivity (Wildman–Crippen MR) is 128 cm³/mol. The lowest BCUT2D eigenvalue weighted by molar-refractivity contribution is -0.136. The van der Waals surface area contributed by atoms with E-state index in [1.165, 1.54) is 0 Å². The van der Waals surface area contributed by atoms with Crippen molar-refractivity contribution in [3.8, 4) is 5.75 Å². The van der Waals surface area contributed by atoms with E-state index in [1.54, 1.807) is 7.11 Å². The topological polar surface area (TPSA) is 87.7 Å². The second kappa shape index (κ2) is 9.74. The van der Waals surface area contributed by atoms with Gasteiger partial charge in [-0.15, -0.1) is 0 Å². The first-order chi connectivity index (χ1) is 15.5. The maximum atomic E-state index is 13.3. The monoisotopic (exact) mass is 457 g/mol. The van der Waals surface area contributed by atoms with Crippen LogP contribution in [0.2, 0.25) is 0 Å². The van der Waals surface area contributed by atoms with Crippen molar-refractivity contribution in [2.45, 2.75) is 78.3 Å². The number of methoxy groups -OCH3 is 1. The van der Waals surface area contributed by atoms with E-state index in [2.05, 4.69) is 31.4 Å². The number of carbonyl (C=O) groups excluding carboxylic acids is 3. The van der Waals surface area contributed by atoms with Gasteiger partial charge in [0, 0.05) is 0 Å². The fourth-order valence-electron chi connectivity index (χ4n) is 5.15. The molecule has 1 unspecified atom stereocenters. The van der Waals surface area contributed by atoms with Gasteiger partial charge in [0.2, 0.25) is 5.91 Å². The quantitative estimate of drug-likeness (QED) is 0.566. The largest absolute Gasteiger partial charge is 0.497 e. The molecule has 1 aromatic carbocycles. The predicted octanol–water partition coefficient (Wildman–Crippen LogP) is 4.43. The van der Waals surface area contributed by atoms with Gasteiger partial charge < -0.3 is 15.4 Å². The Bertz CT molecular complexity index is 870. The van der Waals surface area contributed by atoms with E-state index in [0.29, 0.717) is 18.8 Å². The molecule has 33 heavy (non-hydrogen) atoms. The fraction of sp³-hybridized carbons (Fsp3) is 0.654. The van der Waals surface area contributed by atoms with Crippen LogP contribution in [0.5, 0.6) is 5.75 Å². The summed E-state index contributed by atoms with van der Waals surface area (Å²) in [6.45, 7) is 10.5. The van der Waals surface area contributed by atoms with E-state index in [9.17, 15) is 14.4 Å². The number of hydrogen-bond donors (Lipinski definition) is 2. The van der Waals surface area contributed by atoms with Crippen molar-refractivity contribution in [3.05, 3.63) is 29.8 Å². The molecule has 2 aliphatic rings. The maximum Gasteiger partial charge on any atom is 0.325 e. The van der Waals surface area contributed by atoms with Gasteiger partial charge in [0.25, 0.3) is 5.91 Å². The number of ether oxygens (including phenoxy) is 1. The molecule has 1 aromatic rings. The molecule has 1 atom stereocenters. The Kier molecular flexibility index (Phi) is 7.39. The molecular formula is C26H39N3O4. The van der Waals surface area contributed by atoms with Crippen LogP contribution in [0.4, 0.5) is 4.79 Å². The Balaban J connectivity index is 1.65. The highest BCUT2D eigenvalue weighted by atomic mass is 16.5. The molecule has 1 spiro atoms. The number of imide groups is 1. The molecule has 0 bridgehead atoms. The fourth-order valence-corrected chi connectivity index (χ4v) is 5.15. The van der Waals surface area contributed by atoms with Gasteiger partial charge in [-0.25, -0.2) is 4.79 Å². The SMILES string of the molecule is CCC(C)(C)C1CCC2(CC1)NC(=O)N(CC(=O)NC(c1ccc(OC)cc1)C(C)C)C2=O. The number of hydrogen-bond acceptors (Lipinski definition) is 4. The summed E-state index contributed by atoms with van der Waals surface area (Å²) in [7, 11) is 1.61. The molecule has 0 radical (unpaired) electrons. The Hall–Kier alpha value is -2.57. The zero-order valence-corrected chi connectivity index (χ0v) is 20.9. The Morgan fingerprint density at radius 3 is 2.33 bits per heavy atom. The summed E-state index contributed by atoms with van der Waals surface area (Å²) in [5, 5.41) is 5.94. The van der Waals surface area contributed by atoms with E-state index in [1.807, 2.05) is 38.1 Å². The second-order valence-electron chi connectivity index (χ2n) is 10.6. The van der Waals surface area contributed by atoms with E-state index >= 15 is 0 Å². The van der Waals surface area contributed by atoms with E-state index in [4.69, 9.17) is 4.74 Å². The maximum absolute atomic E-state index is 13.3. The van der Waals surface area contributed by atoms with Crippen LogP contribution in [0, 0.1) is 17.3 Å². The molecule has 7 nitrogen and oxygen atoms in total. The van der Waals surface area contributed by atoms with E-state index in [-0.39, 0.29) is 35.7 Å². The molecule has 1 saturated heterocycles. The van der Waals surface area contributed by atoms with Crippen LogP contribution in [0.1, 0.15) is 78.3 Å². The van der Waals surface area contributed by atoms with Gasteiger partial charge in [0.1, 0.15) is 17.8 Å². The molecule has 3 rings (SSSR count). The van der Waals surface area contributed by atoms with Gasteiger partial charge in [0.15, 0.2) is 0 Å². The Morgan fingerprint density at radius 2 is 1.82 bits per heavy atom. The van der Waals surface area contributed by atoms with Crippen LogP contribution in [0.15, 0.2) is 24.3 Å². The third kappa shape index (κ3) is 5.17. The number of nitrogens with zero attached hydrogens (tertiary/aromatic N) is 1. The lowest BCUT2D eigenvalue weighted by Crippen LogP contribution is -2.51. The van der Waals surface area contributed by atoms with Gasteiger partial charge in [0.05, 0.1) is 13.2 Å². The normalized spacial score (nSPS) is 24.2. The number of carbonyl (C=O) groups is 3. The molecule has 7 heteroatoms. The average molecular weight is 458 g/mol. The van der Waals surface area contributed by atoms with Crippen molar-refractivity contribution >= 4 is 17.8 Å². The summed E-state index contributed by atoms with van der Waals surface area (Å²) in [5.41, 5.74) is 0.315. The average Bonchev–Trinajstić information content (AvgIpc) is 3.01. The first-order valence-electron chi connectivity index (χ1n) is 12.1. The second-order valence-corrected chi connectivity index (χ2v) is 10.6.